The van der Waals surface area contributed by atoms with Gasteiger partial charge in [-0.05, 0) is 57.7 Å². The summed E-state index contributed by atoms with van der Waals surface area (Å²) < 4.78 is 0. The Hall–Kier alpha value is -1.48. The fourth-order valence-electron chi connectivity index (χ4n) is 4.14. The van der Waals surface area contributed by atoms with E-state index in [9.17, 15) is 0 Å². The van der Waals surface area contributed by atoms with Gasteiger partial charge in [0.05, 0.1) is 0 Å². The Morgan fingerprint density at radius 2 is 2.08 bits per heavy atom. The number of likely N-dealkylation sites (N-methyl/N-ethyl adjacent to an activating group) is 1. The van der Waals surface area contributed by atoms with Gasteiger partial charge in [-0.1, -0.05) is 32.6 Å². The molecule has 0 amide bonds. The van der Waals surface area contributed by atoms with Crippen molar-refractivity contribution >= 4 is 0 Å². The molecule has 3 unspecified atom stereocenters. The summed E-state index contributed by atoms with van der Waals surface area (Å²) in [6.07, 6.45) is 10.5. The SMILES string of the molecule is C=C(/C=C(\C=C/C)NCC1CCC(C)C1)N1C(=C)CN(C)CC1C. The van der Waals surface area contributed by atoms with Gasteiger partial charge in [-0.2, -0.15) is 0 Å². The van der Waals surface area contributed by atoms with Gasteiger partial charge in [0, 0.05) is 42.8 Å². The number of hydrogen-bond donors (Lipinski definition) is 1. The van der Waals surface area contributed by atoms with Gasteiger partial charge in [0.15, 0.2) is 0 Å². The van der Waals surface area contributed by atoms with Crippen LogP contribution in [-0.2, 0) is 0 Å². The highest BCUT2D eigenvalue weighted by atomic mass is 15.3. The average molecular weight is 330 g/mol. The molecular formula is C21H35N3. The van der Waals surface area contributed by atoms with Crippen molar-refractivity contribution < 1.29 is 0 Å². The monoisotopic (exact) mass is 329 g/mol. The van der Waals surface area contributed by atoms with E-state index >= 15 is 0 Å². The summed E-state index contributed by atoms with van der Waals surface area (Å²) in [5.41, 5.74) is 3.31. The maximum Gasteiger partial charge on any atom is 0.0438 e. The van der Waals surface area contributed by atoms with E-state index < -0.39 is 0 Å². The minimum Gasteiger partial charge on any atom is -0.385 e. The van der Waals surface area contributed by atoms with Crippen LogP contribution < -0.4 is 5.32 Å². The highest BCUT2D eigenvalue weighted by molar-refractivity contribution is 5.30. The second-order valence-corrected chi connectivity index (χ2v) is 7.74. The predicted molar refractivity (Wildman–Crippen MR) is 104 cm³/mol. The molecule has 1 saturated carbocycles. The average Bonchev–Trinajstić information content (AvgIpc) is 2.89. The summed E-state index contributed by atoms with van der Waals surface area (Å²) in [7, 11) is 2.15. The Bertz CT molecular complexity index is 517. The molecule has 0 radical (unpaired) electrons. The quantitative estimate of drug-likeness (QED) is 0.739. The summed E-state index contributed by atoms with van der Waals surface area (Å²) in [6.45, 7) is 18.2. The molecule has 3 atom stereocenters. The second-order valence-electron chi connectivity index (χ2n) is 7.74. The Morgan fingerprint density at radius 3 is 2.67 bits per heavy atom. The van der Waals surface area contributed by atoms with Crippen molar-refractivity contribution in [2.24, 2.45) is 11.8 Å². The van der Waals surface area contributed by atoms with Crippen LogP contribution in [0.3, 0.4) is 0 Å². The van der Waals surface area contributed by atoms with Crippen LogP contribution in [0.2, 0.25) is 0 Å². The molecule has 3 heteroatoms. The zero-order chi connectivity index (χ0) is 17.7. The van der Waals surface area contributed by atoms with E-state index in [1.807, 2.05) is 0 Å². The zero-order valence-electron chi connectivity index (χ0n) is 16.0. The van der Waals surface area contributed by atoms with Crippen LogP contribution in [0.25, 0.3) is 0 Å². The lowest BCUT2D eigenvalue weighted by Gasteiger charge is -2.41. The van der Waals surface area contributed by atoms with Crippen LogP contribution in [0.4, 0.5) is 0 Å². The minimum atomic E-state index is 0.405. The van der Waals surface area contributed by atoms with E-state index in [0.29, 0.717) is 6.04 Å². The smallest absolute Gasteiger partial charge is 0.0438 e. The molecule has 2 rings (SSSR count). The third kappa shape index (κ3) is 5.01. The molecular weight excluding hydrogens is 294 g/mol. The number of allylic oxidation sites excluding steroid dienone is 3. The van der Waals surface area contributed by atoms with Crippen molar-refractivity contribution in [2.45, 2.75) is 46.1 Å². The second kappa shape index (κ2) is 8.57. The van der Waals surface area contributed by atoms with Crippen LogP contribution in [-0.4, -0.2) is 42.5 Å². The van der Waals surface area contributed by atoms with Crippen LogP contribution >= 0.6 is 0 Å². The molecule has 1 saturated heterocycles. The molecule has 1 N–H and O–H groups in total. The summed E-state index contributed by atoms with van der Waals surface area (Å²) in [6, 6.07) is 0.405. The van der Waals surface area contributed by atoms with Gasteiger partial charge in [0.25, 0.3) is 0 Å². The number of rotatable bonds is 6. The molecule has 1 aliphatic heterocycles. The van der Waals surface area contributed by atoms with E-state index in [-0.39, 0.29) is 0 Å². The highest BCUT2D eigenvalue weighted by Crippen LogP contribution is 2.30. The van der Waals surface area contributed by atoms with Gasteiger partial charge in [0.2, 0.25) is 0 Å². The Morgan fingerprint density at radius 1 is 1.33 bits per heavy atom. The molecule has 0 aromatic rings. The number of hydrogen-bond acceptors (Lipinski definition) is 3. The Labute approximate surface area is 148 Å². The summed E-state index contributed by atoms with van der Waals surface area (Å²) in [5, 5.41) is 3.64. The first-order valence-electron chi connectivity index (χ1n) is 9.33. The van der Waals surface area contributed by atoms with Crippen molar-refractivity contribution in [1.82, 2.24) is 15.1 Å². The van der Waals surface area contributed by atoms with E-state index in [4.69, 9.17) is 0 Å². The first kappa shape index (κ1) is 18.9. The van der Waals surface area contributed by atoms with E-state index in [0.717, 1.165) is 48.6 Å². The molecule has 0 aromatic heterocycles. The molecule has 2 aliphatic rings. The maximum atomic E-state index is 4.31. The molecule has 1 aliphatic carbocycles. The fourth-order valence-corrected chi connectivity index (χ4v) is 4.14. The lowest BCUT2D eigenvalue weighted by Crippen LogP contribution is -2.47. The molecule has 24 heavy (non-hydrogen) atoms. The minimum absolute atomic E-state index is 0.405. The van der Waals surface area contributed by atoms with Crippen LogP contribution in [0, 0.1) is 11.8 Å². The molecule has 1 heterocycles. The highest BCUT2D eigenvalue weighted by Gasteiger charge is 2.25. The van der Waals surface area contributed by atoms with Gasteiger partial charge in [-0.3, -0.25) is 4.90 Å². The van der Waals surface area contributed by atoms with Gasteiger partial charge in [-0.25, -0.2) is 0 Å². The van der Waals surface area contributed by atoms with Crippen molar-refractivity contribution in [3.63, 3.8) is 0 Å². The Kier molecular flexibility index (Phi) is 6.73. The number of nitrogens with zero attached hydrogens (tertiary/aromatic N) is 2. The molecule has 0 spiro atoms. The lowest BCUT2D eigenvalue weighted by atomic mass is 10.1. The van der Waals surface area contributed by atoms with Crippen LogP contribution in [0.15, 0.2) is 48.5 Å². The van der Waals surface area contributed by atoms with Gasteiger partial charge >= 0.3 is 0 Å². The van der Waals surface area contributed by atoms with Crippen molar-refractivity contribution in [3.8, 4) is 0 Å². The number of nitrogens with one attached hydrogen (secondary N) is 1. The Balaban J connectivity index is 2.00. The molecule has 0 bridgehead atoms. The van der Waals surface area contributed by atoms with Crippen LogP contribution in [0.5, 0.6) is 0 Å². The number of piperazine rings is 1. The third-order valence-electron chi connectivity index (χ3n) is 5.19. The van der Waals surface area contributed by atoms with Gasteiger partial charge < -0.3 is 10.2 Å². The molecule has 3 nitrogen and oxygen atoms in total. The van der Waals surface area contributed by atoms with E-state index in [1.54, 1.807) is 0 Å². The van der Waals surface area contributed by atoms with E-state index in [1.165, 1.54) is 19.3 Å². The van der Waals surface area contributed by atoms with Gasteiger partial charge in [0.1, 0.15) is 0 Å². The normalized spacial score (nSPS) is 29.5. The maximum absolute atomic E-state index is 4.31. The van der Waals surface area contributed by atoms with Crippen molar-refractivity contribution in [3.05, 3.63) is 48.5 Å². The molecule has 134 valence electrons. The summed E-state index contributed by atoms with van der Waals surface area (Å²) in [4.78, 5) is 4.59. The predicted octanol–water partition coefficient (Wildman–Crippen LogP) is 4.14. The standard InChI is InChI=1S/C21H35N3/c1-7-8-21(22-13-20-10-9-16(2)11-20)12-17(3)24-18(4)14-23(6)15-19(24)5/h7-8,12,16,19-20,22H,3-4,9-11,13-15H2,1-2,5-6H3/b8-7-,21-12+. The first-order chi connectivity index (χ1) is 11.4. The topological polar surface area (TPSA) is 18.5 Å². The largest absolute Gasteiger partial charge is 0.385 e. The summed E-state index contributed by atoms with van der Waals surface area (Å²) >= 11 is 0. The van der Waals surface area contributed by atoms with Crippen LogP contribution in [0.1, 0.15) is 40.0 Å². The zero-order valence-corrected chi connectivity index (χ0v) is 16.0. The van der Waals surface area contributed by atoms with Gasteiger partial charge in [-0.15, -0.1) is 0 Å². The lowest BCUT2D eigenvalue weighted by molar-refractivity contribution is 0.181. The fraction of sp³-hybridized carbons (Fsp3) is 0.619. The third-order valence-corrected chi connectivity index (χ3v) is 5.19. The first-order valence-corrected chi connectivity index (χ1v) is 9.33. The molecule has 0 aromatic carbocycles. The van der Waals surface area contributed by atoms with Crippen molar-refractivity contribution in [1.29, 1.82) is 0 Å². The summed E-state index contributed by atoms with van der Waals surface area (Å²) in [5.74, 6) is 1.69. The van der Waals surface area contributed by atoms with E-state index in [2.05, 4.69) is 74.3 Å². The van der Waals surface area contributed by atoms with Crippen molar-refractivity contribution in [2.75, 3.05) is 26.7 Å². The molecule has 2 fully saturated rings.